The van der Waals surface area contributed by atoms with E-state index in [1.165, 1.54) is 22.0 Å². The van der Waals surface area contributed by atoms with Gasteiger partial charge >= 0.3 is 0 Å². The zero-order valence-electron chi connectivity index (χ0n) is 19.8. The molecule has 1 aliphatic rings. The fourth-order valence-electron chi connectivity index (χ4n) is 4.76. The van der Waals surface area contributed by atoms with Gasteiger partial charge in [-0.2, -0.15) is 0 Å². The normalized spacial score (nSPS) is 18.4. The van der Waals surface area contributed by atoms with Gasteiger partial charge in [0.25, 0.3) is 0 Å². The van der Waals surface area contributed by atoms with Crippen molar-refractivity contribution >= 4 is 39.3 Å². The Morgan fingerprint density at radius 2 is 1.73 bits per heavy atom. The SMILES string of the molecule is CN(c1nnc(-c2ccc(-c3ccc(=O)n(C)c3)cc2O)s1)C1CC(C)(C)N(I)C(C)(C)C1. The van der Waals surface area contributed by atoms with E-state index in [1.807, 2.05) is 12.1 Å². The molecule has 3 aromatic rings. The van der Waals surface area contributed by atoms with Crippen LogP contribution in [0, 0.1) is 0 Å². The lowest BCUT2D eigenvalue weighted by atomic mass is 9.79. The molecular weight excluding hydrogens is 549 g/mol. The van der Waals surface area contributed by atoms with Crippen LogP contribution in [0.2, 0.25) is 0 Å². The highest BCUT2D eigenvalue weighted by Gasteiger charge is 2.45. The van der Waals surface area contributed by atoms with Crippen molar-refractivity contribution in [3.8, 4) is 27.4 Å². The van der Waals surface area contributed by atoms with Crippen molar-refractivity contribution in [2.45, 2.75) is 57.7 Å². The Balaban J connectivity index is 1.58. The van der Waals surface area contributed by atoms with Gasteiger partial charge < -0.3 is 14.6 Å². The molecule has 3 heterocycles. The van der Waals surface area contributed by atoms with Gasteiger partial charge in [-0.15, -0.1) is 10.2 Å². The molecule has 1 aliphatic heterocycles. The number of anilines is 1. The number of hydrogen-bond acceptors (Lipinski definition) is 7. The molecule has 9 heteroatoms. The fraction of sp³-hybridized carbons (Fsp3) is 0.458. The number of phenolic OH excluding ortho intramolecular Hbond substituents is 1. The summed E-state index contributed by atoms with van der Waals surface area (Å²) in [4.78, 5) is 13.9. The van der Waals surface area contributed by atoms with Crippen molar-refractivity contribution in [2.75, 3.05) is 11.9 Å². The Bertz CT molecular complexity index is 1220. The van der Waals surface area contributed by atoms with E-state index in [2.05, 4.69) is 75.8 Å². The van der Waals surface area contributed by atoms with Gasteiger partial charge in [-0.25, -0.2) is 3.11 Å². The molecule has 0 amide bonds. The lowest BCUT2D eigenvalue weighted by molar-refractivity contribution is 0.0724. The summed E-state index contributed by atoms with van der Waals surface area (Å²) in [6.45, 7) is 9.15. The molecule has 1 aromatic carbocycles. The van der Waals surface area contributed by atoms with Gasteiger partial charge in [-0.05, 0) is 69.9 Å². The summed E-state index contributed by atoms with van der Waals surface area (Å²) in [6, 6.07) is 9.14. The minimum Gasteiger partial charge on any atom is -0.507 e. The van der Waals surface area contributed by atoms with Crippen LogP contribution in [0.1, 0.15) is 40.5 Å². The number of hydrogen-bond donors (Lipinski definition) is 1. The molecule has 1 saturated heterocycles. The molecule has 33 heavy (non-hydrogen) atoms. The van der Waals surface area contributed by atoms with Gasteiger partial charge in [0.05, 0.1) is 5.56 Å². The average molecular weight is 580 g/mol. The summed E-state index contributed by atoms with van der Waals surface area (Å²) >= 11 is 3.95. The van der Waals surface area contributed by atoms with Crippen molar-refractivity contribution in [3.05, 3.63) is 46.9 Å². The fourth-order valence-corrected chi connectivity index (χ4v) is 6.06. The third-order valence-corrected chi connectivity index (χ3v) is 10.1. The van der Waals surface area contributed by atoms with Crippen LogP contribution in [-0.2, 0) is 7.05 Å². The molecule has 0 aliphatic carbocycles. The number of pyridine rings is 1. The van der Waals surface area contributed by atoms with Gasteiger partial charge in [0.2, 0.25) is 10.7 Å². The van der Waals surface area contributed by atoms with Gasteiger partial charge in [0.15, 0.2) is 5.01 Å². The Hall–Kier alpha value is -1.98. The molecular formula is C24H30IN5O2S. The van der Waals surface area contributed by atoms with E-state index in [4.69, 9.17) is 0 Å². The lowest BCUT2D eigenvalue weighted by Gasteiger charge is -2.53. The van der Waals surface area contributed by atoms with Crippen molar-refractivity contribution in [2.24, 2.45) is 7.05 Å². The van der Waals surface area contributed by atoms with Crippen molar-refractivity contribution < 1.29 is 5.11 Å². The number of halogens is 1. The monoisotopic (exact) mass is 579 g/mol. The van der Waals surface area contributed by atoms with Crippen molar-refractivity contribution in [1.82, 2.24) is 17.9 Å². The summed E-state index contributed by atoms with van der Waals surface area (Å²) in [5, 5.41) is 21.1. The molecule has 0 atom stereocenters. The second-order valence-electron chi connectivity index (χ2n) is 10.1. The third kappa shape index (κ3) is 4.67. The van der Waals surface area contributed by atoms with E-state index >= 15 is 0 Å². The zero-order valence-corrected chi connectivity index (χ0v) is 22.8. The molecule has 0 spiro atoms. The molecule has 0 bridgehead atoms. The molecule has 4 rings (SSSR count). The number of aromatic hydroxyl groups is 1. The molecule has 176 valence electrons. The lowest BCUT2D eigenvalue weighted by Crippen LogP contribution is -2.59. The minimum atomic E-state index is -0.0685. The number of aromatic nitrogens is 3. The molecule has 7 nitrogen and oxygen atoms in total. The Labute approximate surface area is 212 Å². The number of nitrogens with zero attached hydrogens (tertiary/aromatic N) is 5. The van der Waals surface area contributed by atoms with E-state index in [1.54, 1.807) is 25.4 Å². The largest absolute Gasteiger partial charge is 0.507 e. The quantitative estimate of drug-likeness (QED) is 0.343. The third-order valence-electron chi connectivity index (χ3n) is 6.44. The van der Waals surface area contributed by atoms with Crippen molar-refractivity contribution in [1.29, 1.82) is 0 Å². The Morgan fingerprint density at radius 3 is 2.33 bits per heavy atom. The van der Waals surface area contributed by atoms with Gasteiger partial charge in [-0.3, -0.25) is 4.79 Å². The van der Waals surface area contributed by atoms with Crippen LogP contribution in [0.25, 0.3) is 21.7 Å². The van der Waals surface area contributed by atoms with Crippen LogP contribution < -0.4 is 10.5 Å². The van der Waals surface area contributed by atoms with Gasteiger partial charge in [0.1, 0.15) is 5.75 Å². The summed E-state index contributed by atoms with van der Waals surface area (Å²) in [6.07, 6.45) is 3.83. The van der Waals surface area contributed by atoms with Crippen molar-refractivity contribution in [3.63, 3.8) is 0 Å². The summed E-state index contributed by atoms with van der Waals surface area (Å²) < 4.78 is 3.97. The molecule has 0 radical (unpaired) electrons. The topological polar surface area (TPSA) is 74.5 Å². The first-order chi connectivity index (χ1) is 15.4. The molecule has 0 unspecified atom stereocenters. The highest BCUT2D eigenvalue weighted by Crippen LogP contribution is 2.44. The van der Waals surface area contributed by atoms with Crippen LogP contribution in [-0.4, -0.2) is 47.2 Å². The van der Waals surface area contributed by atoms with Crippen LogP contribution >= 0.6 is 34.2 Å². The number of phenols is 1. The summed E-state index contributed by atoms with van der Waals surface area (Å²) in [5.74, 6) is 0.146. The molecule has 1 fully saturated rings. The number of aryl methyl sites for hydroxylation is 1. The maximum absolute atomic E-state index is 11.7. The van der Waals surface area contributed by atoms with Crippen LogP contribution in [0.4, 0.5) is 5.13 Å². The Morgan fingerprint density at radius 1 is 1.09 bits per heavy atom. The number of rotatable bonds is 4. The zero-order chi connectivity index (χ0) is 24.1. The Kier molecular flexibility index (Phi) is 6.34. The van der Waals surface area contributed by atoms with Crippen LogP contribution in [0.5, 0.6) is 5.75 Å². The van der Waals surface area contributed by atoms with Crippen LogP contribution in [0.3, 0.4) is 0 Å². The second kappa shape index (κ2) is 8.66. The molecule has 2 aromatic heterocycles. The number of benzene rings is 1. The van der Waals surface area contributed by atoms with Crippen LogP contribution in [0.15, 0.2) is 41.3 Å². The summed E-state index contributed by atoms with van der Waals surface area (Å²) in [5.41, 5.74) is 2.44. The minimum absolute atomic E-state index is 0.0685. The summed E-state index contributed by atoms with van der Waals surface area (Å²) in [7, 11) is 3.80. The van der Waals surface area contributed by atoms with E-state index in [0.717, 1.165) is 29.1 Å². The maximum atomic E-state index is 11.7. The molecule has 0 saturated carbocycles. The smallest absolute Gasteiger partial charge is 0.250 e. The highest BCUT2D eigenvalue weighted by molar-refractivity contribution is 14.1. The standard InChI is InChI=1S/C24H30IN5O2S/c1-23(2)12-17(13-24(3,4)30(23)25)29(6)22-27-26-21(33-22)18-9-7-15(11-19(18)31)16-8-10-20(32)28(5)14-16/h7-11,14,17,31H,12-13H2,1-6H3. The first kappa shape index (κ1) is 24.2. The maximum Gasteiger partial charge on any atom is 0.250 e. The van der Waals surface area contributed by atoms with Gasteiger partial charge in [0, 0.05) is 66.3 Å². The first-order valence-corrected chi connectivity index (χ1v) is 12.7. The van der Waals surface area contributed by atoms with E-state index < -0.39 is 0 Å². The predicted octanol–water partition coefficient (Wildman–Crippen LogP) is 5.08. The predicted molar refractivity (Wildman–Crippen MR) is 143 cm³/mol. The van der Waals surface area contributed by atoms with E-state index in [0.29, 0.717) is 16.6 Å². The molecule has 1 N–H and O–H groups in total. The average Bonchev–Trinajstić information content (AvgIpc) is 3.22. The van der Waals surface area contributed by atoms with Gasteiger partial charge in [-0.1, -0.05) is 17.4 Å². The number of piperidine rings is 1. The van der Waals surface area contributed by atoms with E-state index in [-0.39, 0.29) is 22.4 Å². The second-order valence-corrected chi connectivity index (χ2v) is 12.0. The van der Waals surface area contributed by atoms with E-state index in [9.17, 15) is 9.90 Å². The highest BCUT2D eigenvalue weighted by atomic mass is 127. The first-order valence-electron chi connectivity index (χ1n) is 10.9.